The molecule has 2 aromatic carbocycles. The lowest BCUT2D eigenvalue weighted by atomic mass is 10.1. The maximum Gasteiger partial charge on any atom is 0.251 e. The SMILES string of the molecule is COc1ccc(CN(C)C(=O)C(C)NC(=O)c2cccc(C)c2)cc1. The zero-order chi connectivity index (χ0) is 18.4. The van der Waals surface area contributed by atoms with Gasteiger partial charge >= 0.3 is 0 Å². The summed E-state index contributed by atoms with van der Waals surface area (Å²) < 4.78 is 5.13. The molecule has 0 radical (unpaired) electrons. The number of amides is 2. The van der Waals surface area contributed by atoms with Crippen molar-refractivity contribution in [3.8, 4) is 5.75 Å². The van der Waals surface area contributed by atoms with Gasteiger partial charge in [0, 0.05) is 19.2 Å². The molecule has 132 valence electrons. The van der Waals surface area contributed by atoms with Crippen LogP contribution in [0.25, 0.3) is 0 Å². The number of benzene rings is 2. The first-order chi connectivity index (χ1) is 11.9. The van der Waals surface area contributed by atoms with Crippen LogP contribution >= 0.6 is 0 Å². The second-order valence-corrected chi connectivity index (χ2v) is 6.11. The third kappa shape index (κ3) is 5.08. The molecule has 1 N–H and O–H groups in total. The average molecular weight is 340 g/mol. The van der Waals surface area contributed by atoms with Crippen molar-refractivity contribution in [3.63, 3.8) is 0 Å². The molecule has 0 fully saturated rings. The van der Waals surface area contributed by atoms with Gasteiger partial charge in [-0.25, -0.2) is 0 Å². The van der Waals surface area contributed by atoms with Crippen LogP contribution in [0, 0.1) is 6.92 Å². The third-order valence-electron chi connectivity index (χ3n) is 3.95. The van der Waals surface area contributed by atoms with Gasteiger partial charge in [0.25, 0.3) is 5.91 Å². The summed E-state index contributed by atoms with van der Waals surface area (Å²) in [5, 5.41) is 2.76. The normalized spacial score (nSPS) is 11.5. The summed E-state index contributed by atoms with van der Waals surface area (Å²) in [4.78, 5) is 26.4. The van der Waals surface area contributed by atoms with Crippen LogP contribution in [0.5, 0.6) is 5.75 Å². The van der Waals surface area contributed by atoms with Crippen molar-refractivity contribution in [1.29, 1.82) is 0 Å². The predicted octanol–water partition coefficient (Wildman–Crippen LogP) is 2.78. The van der Waals surface area contributed by atoms with Gasteiger partial charge in [-0.3, -0.25) is 9.59 Å². The van der Waals surface area contributed by atoms with Crippen LogP contribution in [0.4, 0.5) is 0 Å². The van der Waals surface area contributed by atoms with E-state index in [-0.39, 0.29) is 11.8 Å². The summed E-state index contributed by atoms with van der Waals surface area (Å²) in [6.45, 7) is 4.09. The molecule has 0 aliphatic heterocycles. The van der Waals surface area contributed by atoms with E-state index in [1.165, 1.54) is 0 Å². The highest BCUT2D eigenvalue weighted by molar-refractivity contribution is 5.97. The fourth-order valence-electron chi connectivity index (χ4n) is 2.54. The summed E-state index contributed by atoms with van der Waals surface area (Å²) in [6, 6.07) is 14.2. The number of likely N-dealkylation sites (N-methyl/N-ethyl adjacent to an activating group) is 1. The lowest BCUT2D eigenvalue weighted by Gasteiger charge is -2.22. The Morgan fingerprint density at radius 1 is 1.16 bits per heavy atom. The Bertz CT molecular complexity index is 741. The molecular weight excluding hydrogens is 316 g/mol. The molecule has 0 spiro atoms. The number of hydrogen-bond acceptors (Lipinski definition) is 3. The fraction of sp³-hybridized carbons (Fsp3) is 0.300. The van der Waals surface area contributed by atoms with E-state index in [1.807, 2.05) is 43.3 Å². The Balaban J connectivity index is 1.94. The van der Waals surface area contributed by atoms with Crippen LogP contribution in [0.3, 0.4) is 0 Å². The molecule has 1 unspecified atom stereocenters. The molecule has 25 heavy (non-hydrogen) atoms. The molecule has 5 nitrogen and oxygen atoms in total. The Labute approximate surface area is 148 Å². The second kappa shape index (κ2) is 8.33. The zero-order valence-electron chi connectivity index (χ0n) is 15.1. The average Bonchev–Trinajstić information content (AvgIpc) is 2.61. The van der Waals surface area contributed by atoms with Gasteiger partial charge in [-0.2, -0.15) is 0 Å². The first-order valence-corrected chi connectivity index (χ1v) is 8.16. The molecule has 0 saturated carbocycles. The Morgan fingerprint density at radius 3 is 2.44 bits per heavy atom. The number of ether oxygens (including phenoxy) is 1. The van der Waals surface area contributed by atoms with Gasteiger partial charge in [-0.15, -0.1) is 0 Å². The molecule has 5 heteroatoms. The molecule has 2 amide bonds. The van der Waals surface area contributed by atoms with Crippen molar-refractivity contribution >= 4 is 11.8 Å². The zero-order valence-corrected chi connectivity index (χ0v) is 15.1. The van der Waals surface area contributed by atoms with E-state index in [2.05, 4.69) is 5.32 Å². The highest BCUT2D eigenvalue weighted by atomic mass is 16.5. The molecule has 0 aliphatic rings. The molecule has 2 rings (SSSR count). The van der Waals surface area contributed by atoms with Gasteiger partial charge in [-0.05, 0) is 43.7 Å². The van der Waals surface area contributed by atoms with Crippen molar-refractivity contribution in [2.45, 2.75) is 26.4 Å². The number of hydrogen-bond donors (Lipinski definition) is 1. The van der Waals surface area contributed by atoms with E-state index >= 15 is 0 Å². The van der Waals surface area contributed by atoms with Gasteiger partial charge in [0.1, 0.15) is 11.8 Å². The minimum Gasteiger partial charge on any atom is -0.497 e. The maximum absolute atomic E-state index is 12.5. The molecule has 0 aromatic heterocycles. The Hall–Kier alpha value is -2.82. The Morgan fingerprint density at radius 2 is 1.84 bits per heavy atom. The van der Waals surface area contributed by atoms with Crippen molar-refractivity contribution < 1.29 is 14.3 Å². The van der Waals surface area contributed by atoms with Crippen molar-refractivity contribution in [2.24, 2.45) is 0 Å². The topological polar surface area (TPSA) is 58.6 Å². The maximum atomic E-state index is 12.5. The smallest absolute Gasteiger partial charge is 0.251 e. The molecule has 0 saturated heterocycles. The van der Waals surface area contributed by atoms with Crippen LogP contribution in [0.15, 0.2) is 48.5 Å². The van der Waals surface area contributed by atoms with Crippen LogP contribution in [-0.2, 0) is 11.3 Å². The largest absolute Gasteiger partial charge is 0.497 e. The lowest BCUT2D eigenvalue weighted by Crippen LogP contribution is -2.45. The number of rotatable bonds is 6. The first-order valence-electron chi connectivity index (χ1n) is 8.16. The van der Waals surface area contributed by atoms with Crippen LogP contribution in [0.1, 0.15) is 28.4 Å². The first kappa shape index (κ1) is 18.5. The number of nitrogens with zero attached hydrogens (tertiary/aromatic N) is 1. The number of nitrogens with one attached hydrogen (secondary N) is 1. The van der Waals surface area contributed by atoms with E-state index in [1.54, 1.807) is 38.1 Å². The molecule has 0 aliphatic carbocycles. The van der Waals surface area contributed by atoms with Gasteiger partial charge < -0.3 is 15.0 Å². The van der Waals surface area contributed by atoms with Crippen molar-refractivity contribution in [3.05, 3.63) is 65.2 Å². The number of carbonyl (C=O) groups excluding carboxylic acids is 2. The van der Waals surface area contributed by atoms with Crippen molar-refractivity contribution in [2.75, 3.05) is 14.2 Å². The molecular formula is C20H24N2O3. The van der Waals surface area contributed by atoms with Gasteiger partial charge in [-0.1, -0.05) is 29.8 Å². The van der Waals surface area contributed by atoms with E-state index in [0.29, 0.717) is 12.1 Å². The quantitative estimate of drug-likeness (QED) is 0.880. The standard InChI is InChI=1S/C20H24N2O3/c1-14-6-5-7-17(12-14)19(23)21-15(2)20(24)22(3)13-16-8-10-18(25-4)11-9-16/h5-12,15H,13H2,1-4H3,(H,21,23). The monoisotopic (exact) mass is 340 g/mol. The van der Waals surface area contributed by atoms with Gasteiger partial charge in [0.15, 0.2) is 0 Å². The summed E-state index contributed by atoms with van der Waals surface area (Å²) in [6.07, 6.45) is 0. The number of aryl methyl sites for hydroxylation is 1. The van der Waals surface area contributed by atoms with Crippen molar-refractivity contribution in [1.82, 2.24) is 10.2 Å². The highest BCUT2D eigenvalue weighted by Crippen LogP contribution is 2.13. The fourth-order valence-corrected chi connectivity index (χ4v) is 2.54. The molecule has 0 heterocycles. The molecule has 1 atom stereocenters. The van der Waals surface area contributed by atoms with E-state index in [4.69, 9.17) is 4.74 Å². The second-order valence-electron chi connectivity index (χ2n) is 6.11. The predicted molar refractivity (Wildman–Crippen MR) is 97.6 cm³/mol. The number of carbonyl (C=O) groups is 2. The van der Waals surface area contributed by atoms with E-state index in [0.717, 1.165) is 16.9 Å². The third-order valence-corrected chi connectivity index (χ3v) is 3.95. The van der Waals surface area contributed by atoms with Crippen LogP contribution < -0.4 is 10.1 Å². The molecule has 0 bridgehead atoms. The summed E-state index contributed by atoms with van der Waals surface area (Å²) in [5.74, 6) is 0.385. The lowest BCUT2D eigenvalue weighted by molar-refractivity contribution is -0.132. The van der Waals surface area contributed by atoms with Gasteiger partial charge in [0.2, 0.25) is 5.91 Å². The van der Waals surface area contributed by atoms with Gasteiger partial charge in [0.05, 0.1) is 7.11 Å². The Kier molecular flexibility index (Phi) is 6.17. The van der Waals surface area contributed by atoms with Crippen LogP contribution in [0.2, 0.25) is 0 Å². The van der Waals surface area contributed by atoms with E-state index < -0.39 is 6.04 Å². The summed E-state index contributed by atoms with van der Waals surface area (Å²) in [5.41, 5.74) is 2.55. The summed E-state index contributed by atoms with van der Waals surface area (Å²) >= 11 is 0. The van der Waals surface area contributed by atoms with E-state index in [9.17, 15) is 9.59 Å². The summed E-state index contributed by atoms with van der Waals surface area (Å²) in [7, 11) is 3.34. The number of methoxy groups -OCH3 is 1. The molecule has 2 aromatic rings. The highest BCUT2D eigenvalue weighted by Gasteiger charge is 2.20. The van der Waals surface area contributed by atoms with Crippen LogP contribution in [-0.4, -0.2) is 36.9 Å². The minimum absolute atomic E-state index is 0.142. The minimum atomic E-state index is -0.601.